The molecule has 3 aromatic rings. The zero-order chi connectivity index (χ0) is 20.1. The number of ether oxygens (including phenoxy) is 2. The molecule has 0 fully saturated rings. The first-order chi connectivity index (χ1) is 13.5. The molecule has 3 rings (SSSR count). The summed E-state index contributed by atoms with van der Waals surface area (Å²) in [6, 6.07) is 18.0. The van der Waals surface area contributed by atoms with Crippen molar-refractivity contribution < 1.29 is 19.4 Å². The lowest BCUT2D eigenvalue weighted by molar-refractivity contribution is -0.130. The molecule has 1 heterocycles. The number of para-hydroxylation sites is 1. The molecule has 1 N–H and O–H groups in total. The normalized spacial score (nSPS) is 10.2. The maximum atomic E-state index is 11.7. The van der Waals surface area contributed by atoms with Crippen molar-refractivity contribution in [2.75, 3.05) is 0 Å². The Labute approximate surface area is 176 Å². The highest BCUT2D eigenvalue weighted by Crippen LogP contribution is 2.34. The molecule has 0 aliphatic carbocycles. The molecule has 0 atom stereocenters. The van der Waals surface area contributed by atoms with Crippen LogP contribution in [0.4, 0.5) is 0 Å². The van der Waals surface area contributed by atoms with Crippen molar-refractivity contribution in [1.29, 1.82) is 0 Å². The highest BCUT2D eigenvalue weighted by Gasteiger charge is 2.17. The van der Waals surface area contributed by atoms with Crippen LogP contribution in [0.5, 0.6) is 23.1 Å². The van der Waals surface area contributed by atoms with Gasteiger partial charge in [-0.3, -0.25) is 0 Å². The summed E-state index contributed by atoms with van der Waals surface area (Å²) in [6.07, 6.45) is 1.67. The lowest BCUT2D eigenvalue weighted by atomic mass is 10.0. The fourth-order valence-corrected chi connectivity index (χ4v) is 3.10. The minimum absolute atomic E-state index is 0.228. The molecule has 0 unspecified atom stereocenters. The predicted molar refractivity (Wildman–Crippen MR) is 116 cm³/mol. The molecule has 0 bridgehead atoms. The van der Waals surface area contributed by atoms with Crippen LogP contribution in [-0.2, 0) is 4.79 Å². The van der Waals surface area contributed by atoms with Crippen LogP contribution in [0, 0.1) is 3.57 Å². The molecule has 0 aliphatic rings. The van der Waals surface area contributed by atoms with Crippen molar-refractivity contribution in [1.82, 2.24) is 4.98 Å². The van der Waals surface area contributed by atoms with Crippen molar-refractivity contribution >= 4 is 34.1 Å². The number of rotatable bonds is 6. The molecular weight excluding hydrogens is 469 g/mol. The van der Waals surface area contributed by atoms with E-state index in [1.165, 1.54) is 0 Å². The van der Waals surface area contributed by atoms with E-state index >= 15 is 0 Å². The van der Waals surface area contributed by atoms with E-state index in [1.54, 1.807) is 56.4 Å². The molecule has 0 amide bonds. The number of allylic oxidation sites excluding steroid dienone is 1. The number of aliphatic carboxylic acids is 1. The molecule has 5 nitrogen and oxygen atoms in total. The van der Waals surface area contributed by atoms with Crippen molar-refractivity contribution in [2.24, 2.45) is 0 Å². The Kier molecular flexibility index (Phi) is 6.30. The summed E-state index contributed by atoms with van der Waals surface area (Å²) in [5.41, 5.74) is 1.46. The van der Waals surface area contributed by atoms with Gasteiger partial charge in [-0.25, -0.2) is 9.78 Å². The summed E-state index contributed by atoms with van der Waals surface area (Å²) in [5, 5.41) is 9.58. The van der Waals surface area contributed by atoms with Gasteiger partial charge in [0, 0.05) is 17.8 Å². The second kappa shape index (κ2) is 8.88. The standard InChI is InChI=1S/C22H18INO4/c1-14(2)20(22(25)26)17-9-3-4-11-19(17)27-15-7-5-8-16(13-15)28-21-18(23)10-6-12-24-21/h3-13H,1-2H3,(H,25,26). The lowest BCUT2D eigenvalue weighted by Gasteiger charge is -2.14. The predicted octanol–water partition coefficient (Wildman–Crippen LogP) is 6.15. The van der Waals surface area contributed by atoms with Gasteiger partial charge in [-0.15, -0.1) is 0 Å². The molecule has 0 saturated heterocycles. The fourth-order valence-electron chi connectivity index (χ4n) is 2.65. The number of pyridine rings is 1. The summed E-state index contributed by atoms with van der Waals surface area (Å²) in [4.78, 5) is 15.9. The minimum atomic E-state index is -0.988. The van der Waals surface area contributed by atoms with Crippen LogP contribution in [0.25, 0.3) is 5.57 Å². The Morgan fingerprint density at radius 3 is 2.36 bits per heavy atom. The van der Waals surface area contributed by atoms with Crippen molar-refractivity contribution in [3.8, 4) is 23.1 Å². The zero-order valence-corrected chi connectivity index (χ0v) is 17.5. The van der Waals surface area contributed by atoms with E-state index in [0.717, 1.165) is 3.57 Å². The van der Waals surface area contributed by atoms with Crippen LogP contribution in [0.3, 0.4) is 0 Å². The van der Waals surface area contributed by atoms with Crippen LogP contribution in [0.15, 0.2) is 72.4 Å². The second-order valence-corrected chi connectivity index (χ2v) is 7.31. The van der Waals surface area contributed by atoms with Crippen molar-refractivity contribution in [3.05, 3.63) is 81.6 Å². The molecule has 1 aromatic heterocycles. The maximum absolute atomic E-state index is 11.7. The van der Waals surface area contributed by atoms with Crippen LogP contribution < -0.4 is 9.47 Å². The van der Waals surface area contributed by atoms with Crippen LogP contribution in [0.1, 0.15) is 19.4 Å². The molecule has 0 spiro atoms. The average Bonchev–Trinajstić information content (AvgIpc) is 2.65. The van der Waals surface area contributed by atoms with Gasteiger partial charge in [-0.2, -0.15) is 0 Å². The lowest BCUT2D eigenvalue weighted by Crippen LogP contribution is -2.03. The highest BCUT2D eigenvalue weighted by atomic mass is 127. The number of benzene rings is 2. The van der Waals surface area contributed by atoms with Gasteiger partial charge in [-0.05, 0) is 66.8 Å². The fraction of sp³-hybridized carbons (Fsp3) is 0.0909. The Hall–Kier alpha value is -2.87. The number of aromatic nitrogens is 1. The summed E-state index contributed by atoms with van der Waals surface area (Å²) in [7, 11) is 0. The first kappa shape index (κ1) is 19.9. The van der Waals surface area contributed by atoms with Crippen LogP contribution in [-0.4, -0.2) is 16.1 Å². The smallest absolute Gasteiger partial charge is 0.336 e. The molecular formula is C22H18INO4. The number of hydrogen-bond acceptors (Lipinski definition) is 4. The van der Waals surface area contributed by atoms with Gasteiger partial charge in [0.2, 0.25) is 5.88 Å². The van der Waals surface area contributed by atoms with E-state index in [9.17, 15) is 9.90 Å². The Morgan fingerprint density at radius 2 is 1.68 bits per heavy atom. The number of hydrogen-bond donors (Lipinski definition) is 1. The Balaban J connectivity index is 1.91. The number of carboxylic acid groups (broad SMARTS) is 1. The Morgan fingerprint density at radius 1 is 0.964 bits per heavy atom. The molecule has 0 radical (unpaired) electrons. The van der Waals surface area contributed by atoms with Gasteiger partial charge >= 0.3 is 5.97 Å². The first-order valence-corrected chi connectivity index (χ1v) is 9.60. The van der Waals surface area contributed by atoms with Crippen LogP contribution in [0.2, 0.25) is 0 Å². The third-order valence-electron chi connectivity index (χ3n) is 3.84. The largest absolute Gasteiger partial charge is 0.478 e. The van der Waals surface area contributed by atoms with E-state index in [2.05, 4.69) is 27.6 Å². The van der Waals surface area contributed by atoms with Gasteiger partial charge in [-0.1, -0.05) is 29.8 Å². The number of halogens is 1. The van der Waals surface area contributed by atoms with Gasteiger partial charge in [0.1, 0.15) is 17.2 Å². The summed E-state index contributed by atoms with van der Waals surface area (Å²) in [5.74, 6) is 1.10. The van der Waals surface area contributed by atoms with E-state index in [1.807, 2.05) is 24.3 Å². The quantitative estimate of drug-likeness (QED) is 0.334. The SMILES string of the molecule is CC(C)=C(C(=O)O)c1ccccc1Oc1cccc(Oc2ncccc2I)c1. The molecule has 142 valence electrons. The van der Waals surface area contributed by atoms with Gasteiger partial charge < -0.3 is 14.6 Å². The Bertz CT molecular complexity index is 1040. The second-order valence-electron chi connectivity index (χ2n) is 6.15. The van der Waals surface area contributed by atoms with E-state index in [4.69, 9.17) is 9.47 Å². The van der Waals surface area contributed by atoms with Crippen LogP contribution >= 0.6 is 22.6 Å². The zero-order valence-electron chi connectivity index (χ0n) is 15.3. The van der Waals surface area contributed by atoms with Gasteiger partial charge in [0.05, 0.1) is 9.14 Å². The minimum Gasteiger partial charge on any atom is -0.478 e. The highest BCUT2D eigenvalue weighted by molar-refractivity contribution is 14.1. The number of carbonyl (C=O) groups is 1. The monoisotopic (exact) mass is 487 g/mol. The molecule has 2 aromatic carbocycles. The van der Waals surface area contributed by atoms with Crippen molar-refractivity contribution in [3.63, 3.8) is 0 Å². The van der Waals surface area contributed by atoms with Gasteiger partial charge in [0.15, 0.2) is 0 Å². The van der Waals surface area contributed by atoms with E-state index in [-0.39, 0.29) is 5.57 Å². The number of carboxylic acids is 1. The summed E-state index contributed by atoms with van der Waals surface area (Å²) >= 11 is 2.16. The summed E-state index contributed by atoms with van der Waals surface area (Å²) < 4.78 is 12.7. The van der Waals surface area contributed by atoms with E-state index in [0.29, 0.717) is 34.3 Å². The third-order valence-corrected chi connectivity index (χ3v) is 4.66. The molecule has 28 heavy (non-hydrogen) atoms. The summed E-state index contributed by atoms with van der Waals surface area (Å²) in [6.45, 7) is 3.53. The molecule has 6 heteroatoms. The van der Waals surface area contributed by atoms with Gasteiger partial charge in [0.25, 0.3) is 0 Å². The average molecular weight is 487 g/mol. The number of nitrogens with zero attached hydrogens (tertiary/aromatic N) is 1. The topological polar surface area (TPSA) is 68.7 Å². The van der Waals surface area contributed by atoms with Crippen molar-refractivity contribution in [2.45, 2.75) is 13.8 Å². The maximum Gasteiger partial charge on any atom is 0.336 e. The van der Waals surface area contributed by atoms with E-state index < -0.39 is 5.97 Å². The third kappa shape index (κ3) is 4.69. The molecule has 0 aliphatic heterocycles. The molecule has 0 saturated carbocycles. The first-order valence-electron chi connectivity index (χ1n) is 8.52.